The van der Waals surface area contributed by atoms with E-state index in [1.54, 1.807) is 0 Å². The molecule has 0 aromatic rings. The molecule has 0 radical (unpaired) electrons. The molecular formula is C13H18Cl2O5. The first-order valence-corrected chi connectivity index (χ1v) is 7.33. The lowest BCUT2D eigenvalue weighted by Crippen LogP contribution is -2.40. The first-order chi connectivity index (χ1) is 9.19. The highest BCUT2D eigenvalue weighted by molar-refractivity contribution is 6.56. The lowest BCUT2D eigenvalue weighted by Gasteiger charge is -2.26. The molecule has 5 nitrogen and oxygen atoms in total. The van der Waals surface area contributed by atoms with E-state index in [0.29, 0.717) is 12.4 Å². The van der Waals surface area contributed by atoms with E-state index in [1.807, 2.05) is 27.7 Å². The van der Waals surface area contributed by atoms with Crippen molar-refractivity contribution >= 4 is 23.2 Å². The fourth-order valence-corrected chi connectivity index (χ4v) is 3.13. The van der Waals surface area contributed by atoms with Crippen LogP contribution >= 0.6 is 23.2 Å². The van der Waals surface area contributed by atoms with Crippen LogP contribution in [0.25, 0.3) is 0 Å². The van der Waals surface area contributed by atoms with E-state index in [9.17, 15) is 0 Å². The molecule has 0 aliphatic carbocycles. The fourth-order valence-electron chi connectivity index (χ4n) is 2.83. The van der Waals surface area contributed by atoms with Gasteiger partial charge in [-0.1, -0.05) is 23.2 Å². The Balaban J connectivity index is 1.85. The van der Waals surface area contributed by atoms with Crippen molar-refractivity contribution in [2.24, 2.45) is 0 Å². The van der Waals surface area contributed by atoms with E-state index in [4.69, 9.17) is 46.9 Å². The molecule has 4 atom stereocenters. The van der Waals surface area contributed by atoms with Gasteiger partial charge in [0.25, 0.3) is 0 Å². The van der Waals surface area contributed by atoms with Crippen LogP contribution in [0.2, 0.25) is 0 Å². The highest BCUT2D eigenvalue weighted by atomic mass is 35.5. The molecule has 3 fully saturated rings. The minimum atomic E-state index is -0.708. The van der Waals surface area contributed by atoms with Gasteiger partial charge in [-0.3, -0.25) is 0 Å². The van der Waals surface area contributed by atoms with Gasteiger partial charge in [0.15, 0.2) is 29.5 Å². The predicted octanol–water partition coefficient (Wildman–Crippen LogP) is 2.70. The second-order valence-corrected chi connectivity index (χ2v) is 7.04. The Morgan fingerprint density at radius 2 is 1.70 bits per heavy atom. The molecule has 0 bridgehead atoms. The van der Waals surface area contributed by atoms with Crippen molar-refractivity contribution in [1.82, 2.24) is 0 Å². The summed E-state index contributed by atoms with van der Waals surface area (Å²) in [4.78, 5) is 0. The molecule has 0 saturated carbocycles. The van der Waals surface area contributed by atoms with Gasteiger partial charge in [-0.15, -0.1) is 0 Å². The van der Waals surface area contributed by atoms with Crippen molar-refractivity contribution < 1.29 is 23.7 Å². The second kappa shape index (κ2) is 4.73. The average molecular weight is 325 g/mol. The number of fused-ring (bicyclic) bond motifs is 1. The largest absolute Gasteiger partial charge is 0.484 e. The predicted molar refractivity (Wildman–Crippen MR) is 72.3 cm³/mol. The molecule has 3 aliphatic heterocycles. The van der Waals surface area contributed by atoms with Crippen LogP contribution in [0.1, 0.15) is 27.7 Å². The minimum absolute atomic E-state index is 0.0574. The maximum absolute atomic E-state index is 5.91. The molecular weight excluding hydrogens is 307 g/mol. The Bertz CT molecular complexity index is 444. The summed E-state index contributed by atoms with van der Waals surface area (Å²) in [5, 5.41) is 0. The summed E-state index contributed by atoms with van der Waals surface area (Å²) in [6.07, 6.45) is -1.33. The van der Waals surface area contributed by atoms with E-state index >= 15 is 0 Å². The third-order valence-electron chi connectivity index (χ3n) is 3.56. The summed E-state index contributed by atoms with van der Waals surface area (Å²) in [5.74, 6) is -0.932. The molecule has 0 amide bonds. The quantitative estimate of drug-likeness (QED) is 0.742. The molecule has 3 saturated heterocycles. The molecule has 3 rings (SSSR count). The Morgan fingerprint density at radius 3 is 2.25 bits per heavy atom. The lowest BCUT2D eigenvalue weighted by atomic mass is 10.1. The van der Waals surface area contributed by atoms with Gasteiger partial charge < -0.3 is 23.7 Å². The van der Waals surface area contributed by atoms with Gasteiger partial charge in [-0.25, -0.2) is 0 Å². The average Bonchev–Trinajstić information content (AvgIpc) is 2.88. The summed E-state index contributed by atoms with van der Waals surface area (Å²) in [6, 6.07) is 0. The van der Waals surface area contributed by atoms with Crippen LogP contribution in [0.5, 0.6) is 0 Å². The molecule has 3 aliphatic rings. The van der Waals surface area contributed by atoms with Gasteiger partial charge >= 0.3 is 0 Å². The van der Waals surface area contributed by atoms with E-state index in [2.05, 4.69) is 0 Å². The molecule has 0 aromatic carbocycles. The van der Waals surface area contributed by atoms with Crippen molar-refractivity contribution in [3.8, 4) is 0 Å². The third-order valence-corrected chi connectivity index (χ3v) is 3.93. The van der Waals surface area contributed by atoms with E-state index < -0.39 is 17.7 Å². The molecule has 20 heavy (non-hydrogen) atoms. The normalized spacial score (nSPS) is 41.6. The van der Waals surface area contributed by atoms with Crippen molar-refractivity contribution in [3.05, 3.63) is 10.3 Å². The number of hydrogen-bond acceptors (Lipinski definition) is 5. The smallest absolute Gasteiger partial charge is 0.164 e. The van der Waals surface area contributed by atoms with Gasteiger partial charge in [0.2, 0.25) is 0 Å². The van der Waals surface area contributed by atoms with E-state index in [-0.39, 0.29) is 22.8 Å². The Labute approximate surface area is 128 Å². The summed E-state index contributed by atoms with van der Waals surface area (Å²) in [6.45, 7) is 7.84. The summed E-state index contributed by atoms with van der Waals surface area (Å²) in [7, 11) is 0. The van der Waals surface area contributed by atoms with Crippen molar-refractivity contribution in [3.63, 3.8) is 0 Å². The van der Waals surface area contributed by atoms with Crippen molar-refractivity contribution in [2.75, 3.05) is 6.61 Å². The second-order valence-electron chi connectivity index (χ2n) is 6.10. The standard InChI is InChI=1S/C13H18Cl2O5/c1-12(2)16-5-6(18-12)7-8-9(10(17-7)11(14)15)20-13(3,4)19-8/h6-9H,5H2,1-4H3/t6-,7-,8+,9+/m1/s1. The highest BCUT2D eigenvalue weighted by Gasteiger charge is 2.58. The van der Waals surface area contributed by atoms with Crippen LogP contribution in [-0.2, 0) is 23.7 Å². The summed E-state index contributed by atoms with van der Waals surface area (Å²) in [5.41, 5.74) is 0. The maximum Gasteiger partial charge on any atom is 0.164 e. The minimum Gasteiger partial charge on any atom is -0.484 e. The van der Waals surface area contributed by atoms with E-state index in [1.165, 1.54) is 0 Å². The van der Waals surface area contributed by atoms with Gasteiger partial charge in [-0.05, 0) is 27.7 Å². The van der Waals surface area contributed by atoms with Crippen molar-refractivity contribution in [1.29, 1.82) is 0 Å². The van der Waals surface area contributed by atoms with Crippen LogP contribution in [0.4, 0.5) is 0 Å². The van der Waals surface area contributed by atoms with E-state index in [0.717, 1.165) is 0 Å². The Kier molecular flexibility index (Phi) is 3.52. The Morgan fingerprint density at radius 1 is 1.00 bits per heavy atom. The van der Waals surface area contributed by atoms with Crippen LogP contribution in [-0.4, -0.2) is 42.6 Å². The van der Waals surface area contributed by atoms with Gasteiger partial charge in [-0.2, -0.15) is 0 Å². The van der Waals surface area contributed by atoms with Gasteiger partial charge in [0.1, 0.15) is 16.7 Å². The number of ether oxygens (including phenoxy) is 5. The third kappa shape index (κ3) is 2.56. The molecule has 0 N–H and O–H groups in total. The number of hydrogen-bond donors (Lipinski definition) is 0. The number of halogens is 2. The first kappa shape index (κ1) is 14.9. The molecule has 7 heteroatoms. The molecule has 0 spiro atoms. The molecule has 3 heterocycles. The van der Waals surface area contributed by atoms with Crippen LogP contribution < -0.4 is 0 Å². The maximum atomic E-state index is 5.91. The number of rotatable bonds is 1. The molecule has 0 aromatic heterocycles. The van der Waals surface area contributed by atoms with Crippen molar-refractivity contribution in [2.45, 2.75) is 63.7 Å². The summed E-state index contributed by atoms with van der Waals surface area (Å²) >= 11 is 11.8. The zero-order valence-corrected chi connectivity index (χ0v) is 13.3. The monoisotopic (exact) mass is 324 g/mol. The SMILES string of the molecule is CC1(C)O[C@H]2[C@@H]([C@H]3COC(C)(C)O3)OC(=C(Cl)Cl)[C@H]2O1. The molecule has 114 valence electrons. The van der Waals surface area contributed by atoms with Crippen LogP contribution in [0.15, 0.2) is 10.3 Å². The highest BCUT2D eigenvalue weighted by Crippen LogP contribution is 2.45. The van der Waals surface area contributed by atoms with Gasteiger partial charge in [0, 0.05) is 0 Å². The Hall–Kier alpha value is -0.0400. The zero-order valence-electron chi connectivity index (χ0n) is 11.8. The van der Waals surface area contributed by atoms with Crippen LogP contribution in [0, 0.1) is 0 Å². The lowest BCUT2D eigenvalue weighted by molar-refractivity contribution is -0.187. The van der Waals surface area contributed by atoms with Gasteiger partial charge in [0.05, 0.1) is 6.61 Å². The zero-order chi connectivity index (χ0) is 14.7. The van der Waals surface area contributed by atoms with Crippen LogP contribution in [0.3, 0.4) is 0 Å². The first-order valence-electron chi connectivity index (χ1n) is 6.58. The topological polar surface area (TPSA) is 46.2 Å². The molecule has 0 unspecified atom stereocenters. The summed E-state index contributed by atoms with van der Waals surface area (Å²) < 4.78 is 29.0. The fraction of sp³-hybridized carbons (Fsp3) is 0.846.